The monoisotopic (exact) mass is 464 g/mol. The maximum atomic E-state index is 13.2. The number of carbonyl (C=O) groups is 2. The van der Waals surface area contributed by atoms with Gasteiger partial charge >= 0.3 is 5.97 Å². The average molecular weight is 466 g/mol. The van der Waals surface area contributed by atoms with Crippen LogP contribution in [-0.2, 0) is 24.3 Å². The summed E-state index contributed by atoms with van der Waals surface area (Å²) in [5, 5.41) is 2.71. The molecule has 2 aromatic carbocycles. The van der Waals surface area contributed by atoms with Crippen molar-refractivity contribution in [3.05, 3.63) is 51.5 Å². The van der Waals surface area contributed by atoms with Crippen LogP contribution in [0.1, 0.15) is 6.92 Å². The molecule has 0 fully saturated rings. The van der Waals surface area contributed by atoms with Crippen LogP contribution < -0.4 is 9.62 Å². The highest BCUT2D eigenvalue weighted by Crippen LogP contribution is 2.37. The van der Waals surface area contributed by atoms with Crippen molar-refractivity contribution in [1.82, 2.24) is 0 Å². The summed E-state index contributed by atoms with van der Waals surface area (Å²) in [4.78, 5) is 22.8. The summed E-state index contributed by atoms with van der Waals surface area (Å²) < 4.78 is 31.7. The summed E-state index contributed by atoms with van der Waals surface area (Å²) in [5.74, 6) is -1.11. The zero-order valence-electron chi connectivity index (χ0n) is 14.7. The lowest BCUT2D eigenvalue weighted by Gasteiger charge is -2.25. The van der Waals surface area contributed by atoms with Gasteiger partial charge in [-0.3, -0.25) is 13.9 Å². The zero-order valence-corrected chi connectivity index (χ0v) is 17.8. The van der Waals surface area contributed by atoms with E-state index in [1.165, 1.54) is 43.3 Å². The summed E-state index contributed by atoms with van der Waals surface area (Å²) in [7, 11) is -3.09. The Morgan fingerprint density at radius 2 is 1.61 bits per heavy atom. The minimum absolute atomic E-state index is 0.0169. The van der Waals surface area contributed by atoms with Gasteiger partial charge in [0.15, 0.2) is 0 Å². The number of halogens is 3. The minimum Gasteiger partial charge on any atom is -0.468 e. The third-order valence-electron chi connectivity index (χ3n) is 3.52. The lowest BCUT2D eigenvalue weighted by Crippen LogP contribution is -2.36. The van der Waals surface area contributed by atoms with Gasteiger partial charge in [0.2, 0.25) is 5.91 Å². The number of hydrogen-bond donors (Lipinski definition) is 1. The van der Waals surface area contributed by atoms with Gasteiger partial charge in [-0.15, -0.1) is 0 Å². The van der Waals surface area contributed by atoms with E-state index in [9.17, 15) is 18.0 Å². The van der Waals surface area contributed by atoms with Gasteiger partial charge in [-0.25, -0.2) is 8.42 Å². The number of rotatable bonds is 6. The highest BCUT2D eigenvalue weighted by molar-refractivity contribution is 7.92. The van der Waals surface area contributed by atoms with Crippen molar-refractivity contribution in [3.63, 3.8) is 0 Å². The molecule has 0 aromatic heterocycles. The Morgan fingerprint density at radius 1 is 1.04 bits per heavy atom. The number of esters is 1. The molecule has 0 aliphatic heterocycles. The van der Waals surface area contributed by atoms with Crippen molar-refractivity contribution in [1.29, 1.82) is 0 Å². The van der Waals surface area contributed by atoms with Gasteiger partial charge in [0.25, 0.3) is 10.0 Å². The van der Waals surface area contributed by atoms with E-state index >= 15 is 0 Å². The molecule has 2 rings (SSSR count). The number of hydrogen-bond acceptors (Lipinski definition) is 5. The van der Waals surface area contributed by atoms with Gasteiger partial charge in [-0.1, -0.05) is 34.8 Å². The Morgan fingerprint density at radius 3 is 2.14 bits per heavy atom. The minimum atomic E-state index is -4.22. The van der Waals surface area contributed by atoms with Crippen LogP contribution >= 0.6 is 34.8 Å². The second kappa shape index (κ2) is 9.00. The maximum absolute atomic E-state index is 13.2. The molecule has 0 saturated heterocycles. The number of methoxy groups -OCH3 is 1. The van der Waals surface area contributed by atoms with Crippen molar-refractivity contribution in [2.45, 2.75) is 11.8 Å². The topological polar surface area (TPSA) is 92.8 Å². The molecule has 0 bridgehead atoms. The number of amides is 1. The molecular formula is C17H15Cl3N2O5S. The van der Waals surface area contributed by atoms with E-state index in [-0.39, 0.29) is 31.6 Å². The molecule has 150 valence electrons. The lowest BCUT2D eigenvalue weighted by molar-refractivity contribution is -0.138. The lowest BCUT2D eigenvalue weighted by atomic mass is 10.3. The molecule has 1 amide bonds. The molecule has 1 N–H and O–H groups in total. The number of ether oxygens (including phenoxy) is 1. The predicted molar refractivity (Wildman–Crippen MR) is 109 cm³/mol. The quantitative estimate of drug-likeness (QED) is 0.515. The third-order valence-corrected chi connectivity index (χ3v) is 6.32. The molecule has 2 aromatic rings. The Balaban J connectivity index is 2.54. The predicted octanol–water partition coefficient (Wildman–Crippen LogP) is 3.97. The van der Waals surface area contributed by atoms with Crippen LogP contribution in [0.25, 0.3) is 0 Å². The van der Waals surface area contributed by atoms with Crippen LogP contribution in [0.4, 0.5) is 11.4 Å². The van der Waals surface area contributed by atoms with Crippen LogP contribution in [0, 0.1) is 0 Å². The highest BCUT2D eigenvalue weighted by atomic mass is 35.5. The first-order valence-electron chi connectivity index (χ1n) is 7.68. The SMILES string of the molecule is COC(=O)CN(c1cc(Cl)c(Cl)cc1Cl)S(=O)(=O)c1ccc(NC(C)=O)cc1. The summed E-state index contributed by atoms with van der Waals surface area (Å²) in [5.41, 5.74) is 0.381. The van der Waals surface area contributed by atoms with Gasteiger partial charge in [0.05, 0.1) is 32.8 Å². The Labute approximate surface area is 177 Å². The molecule has 0 spiro atoms. The van der Waals surface area contributed by atoms with Crippen molar-refractivity contribution in [3.8, 4) is 0 Å². The molecule has 0 aliphatic rings. The first kappa shape index (κ1) is 22.3. The first-order valence-corrected chi connectivity index (χ1v) is 10.3. The van der Waals surface area contributed by atoms with E-state index in [1.807, 2.05) is 0 Å². The summed E-state index contributed by atoms with van der Waals surface area (Å²) in [6, 6.07) is 7.94. The summed E-state index contributed by atoms with van der Waals surface area (Å²) >= 11 is 18.1. The second-order valence-corrected chi connectivity index (χ2v) is 8.60. The van der Waals surface area contributed by atoms with Gasteiger partial charge in [0, 0.05) is 12.6 Å². The fraction of sp³-hybridized carbons (Fsp3) is 0.176. The van der Waals surface area contributed by atoms with E-state index in [2.05, 4.69) is 10.1 Å². The molecule has 0 heterocycles. The molecule has 0 saturated carbocycles. The van der Waals surface area contributed by atoms with E-state index in [0.717, 1.165) is 11.4 Å². The molecule has 0 atom stereocenters. The first-order chi connectivity index (χ1) is 13.1. The van der Waals surface area contributed by atoms with E-state index in [1.54, 1.807) is 0 Å². The number of nitrogens with zero attached hydrogens (tertiary/aromatic N) is 1. The van der Waals surface area contributed by atoms with E-state index < -0.39 is 22.5 Å². The van der Waals surface area contributed by atoms with Gasteiger partial charge in [0.1, 0.15) is 6.54 Å². The Kier molecular flexibility index (Phi) is 7.16. The molecular weight excluding hydrogens is 451 g/mol. The number of benzene rings is 2. The van der Waals surface area contributed by atoms with Crippen LogP contribution in [0.2, 0.25) is 15.1 Å². The standard InChI is InChI=1S/C17H15Cl3N2O5S/c1-10(23)21-11-3-5-12(6-4-11)28(25,26)22(9-17(24)27-2)16-8-14(19)13(18)7-15(16)20/h3-8H,9H2,1-2H3,(H,21,23). The third kappa shape index (κ3) is 5.08. The van der Waals surface area contributed by atoms with Crippen LogP contribution in [0.3, 0.4) is 0 Å². The fourth-order valence-corrected chi connectivity index (χ4v) is 4.34. The number of carbonyl (C=O) groups excluding carboxylic acids is 2. The van der Waals surface area contributed by atoms with Crippen molar-refractivity contribution < 1.29 is 22.7 Å². The van der Waals surface area contributed by atoms with Crippen molar-refractivity contribution in [2.75, 3.05) is 23.3 Å². The number of anilines is 2. The summed E-state index contributed by atoms with van der Waals surface area (Å²) in [6.45, 7) is 0.693. The number of nitrogens with one attached hydrogen (secondary N) is 1. The van der Waals surface area contributed by atoms with Crippen molar-refractivity contribution in [2.24, 2.45) is 0 Å². The van der Waals surface area contributed by atoms with Crippen LogP contribution in [0.15, 0.2) is 41.3 Å². The van der Waals surface area contributed by atoms with Gasteiger partial charge in [-0.2, -0.15) is 0 Å². The molecule has 0 radical (unpaired) electrons. The van der Waals surface area contributed by atoms with Crippen LogP contribution in [-0.4, -0.2) is 33.9 Å². The molecule has 28 heavy (non-hydrogen) atoms. The normalized spacial score (nSPS) is 11.0. The molecule has 0 unspecified atom stereocenters. The zero-order chi connectivity index (χ0) is 21.1. The molecule has 0 aliphatic carbocycles. The maximum Gasteiger partial charge on any atom is 0.326 e. The van der Waals surface area contributed by atoms with Gasteiger partial charge < -0.3 is 10.1 Å². The van der Waals surface area contributed by atoms with Crippen molar-refractivity contribution >= 4 is 68.1 Å². The Hall–Kier alpha value is -2.00. The van der Waals surface area contributed by atoms with E-state index in [4.69, 9.17) is 34.8 Å². The van der Waals surface area contributed by atoms with Gasteiger partial charge in [-0.05, 0) is 36.4 Å². The molecule has 11 heteroatoms. The second-order valence-electron chi connectivity index (χ2n) is 5.51. The average Bonchev–Trinajstić information content (AvgIpc) is 2.62. The summed E-state index contributed by atoms with van der Waals surface area (Å²) in [6.07, 6.45) is 0. The van der Waals surface area contributed by atoms with Crippen LogP contribution in [0.5, 0.6) is 0 Å². The van der Waals surface area contributed by atoms with E-state index in [0.29, 0.717) is 5.69 Å². The Bertz CT molecular complexity index is 1010. The number of sulfonamides is 1. The fourth-order valence-electron chi connectivity index (χ4n) is 2.23. The largest absolute Gasteiger partial charge is 0.468 e. The molecule has 7 nitrogen and oxygen atoms in total. The smallest absolute Gasteiger partial charge is 0.326 e. The highest BCUT2D eigenvalue weighted by Gasteiger charge is 2.29.